The molecule has 2 N–H and O–H groups in total. The summed E-state index contributed by atoms with van der Waals surface area (Å²) in [6, 6.07) is 18.6. The van der Waals surface area contributed by atoms with E-state index in [0.717, 1.165) is 11.5 Å². The average Bonchev–Trinajstić information content (AvgIpc) is 2.56. The zero-order valence-corrected chi connectivity index (χ0v) is 11.7. The van der Waals surface area contributed by atoms with Crippen molar-refractivity contribution in [3.8, 4) is 11.1 Å². The Hall–Kier alpha value is -2.88. The van der Waals surface area contributed by atoms with Crippen molar-refractivity contribution in [3.63, 3.8) is 0 Å². The van der Waals surface area contributed by atoms with Crippen molar-refractivity contribution in [2.45, 2.75) is 0 Å². The molecule has 0 bridgehead atoms. The average molecular weight is 276 g/mol. The SMILES string of the molecule is CNc1cncc(Nc2ccc(-c3ccccc3)cc2)n1. The fourth-order valence-corrected chi connectivity index (χ4v) is 2.07. The van der Waals surface area contributed by atoms with Crippen LogP contribution in [0.5, 0.6) is 0 Å². The van der Waals surface area contributed by atoms with E-state index in [4.69, 9.17) is 0 Å². The van der Waals surface area contributed by atoms with Gasteiger partial charge in [0.15, 0.2) is 5.82 Å². The smallest absolute Gasteiger partial charge is 0.151 e. The summed E-state index contributed by atoms with van der Waals surface area (Å²) in [7, 11) is 1.82. The minimum absolute atomic E-state index is 0.717. The summed E-state index contributed by atoms with van der Waals surface area (Å²) in [5.41, 5.74) is 3.38. The molecule has 1 heterocycles. The van der Waals surface area contributed by atoms with Gasteiger partial charge in [-0.2, -0.15) is 0 Å². The fourth-order valence-electron chi connectivity index (χ4n) is 2.07. The molecule has 4 nitrogen and oxygen atoms in total. The van der Waals surface area contributed by atoms with Crippen LogP contribution >= 0.6 is 0 Å². The number of rotatable bonds is 4. The minimum atomic E-state index is 0.717. The lowest BCUT2D eigenvalue weighted by Crippen LogP contribution is -1.98. The summed E-state index contributed by atoms with van der Waals surface area (Å²) in [4.78, 5) is 8.51. The molecule has 0 saturated carbocycles. The quantitative estimate of drug-likeness (QED) is 0.758. The van der Waals surface area contributed by atoms with Crippen LogP contribution in [0, 0.1) is 0 Å². The monoisotopic (exact) mass is 276 g/mol. The minimum Gasteiger partial charge on any atom is -0.372 e. The Morgan fingerprint density at radius 2 is 1.43 bits per heavy atom. The van der Waals surface area contributed by atoms with Crippen molar-refractivity contribution < 1.29 is 0 Å². The molecule has 0 radical (unpaired) electrons. The molecule has 0 saturated heterocycles. The molecule has 0 amide bonds. The van der Waals surface area contributed by atoms with Gasteiger partial charge in [-0.05, 0) is 23.3 Å². The predicted octanol–water partition coefficient (Wildman–Crippen LogP) is 3.93. The second kappa shape index (κ2) is 6.05. The van der Waals surface area contributed by atoms with Crippen LogP contribution in [0.25, 0.3) is 11.1 Å². The number of anilines is 3. The summed E-state index contributed by atoms with van der Waals surface area (Å²) in [5.74, 6) is 1.45. The number of hydrogen-bond acceptors (Lipinski definition) is 4. The summed E-state index contributed by atoms with van der Waals surface area (Å²) in [5, 5.41) is 6.21. The summed E-state index contributed by atoms with van der Waals surface area (Å²) in [6.07, 6.45) is 3.38. The number of aromatic nitrogens is 2. The highest BCUT2D eigenvalue weighted by Gasteiger charge is 2.00. The molecular weight excluding hydrogens is 260 g/mol. The van der Waals surface area contributed by atoms with Gasteiger partial charge in [0, 0.05) is 12.7 Å². The molecule has 0 spiro atoms. The van der Waals surface area contributed by atoms with E-state index in [0.29, 0.717) is 5.82 Å². The normalized spacial score (nSPS) is 10.1. The first-order valence-corrected chi connectivity index (χ1v) is 6.77. The first kappa shape index (κ1) is 13.1. The summed E-state index contributed by atoms with van der Waals surface area (Å²) < 4.78 is 0. The molecule has 104 valence electrons. The van der Waals surface area contributed by atoms with E-state index in [1.165, 1.54) is 11.1 Å². The van der Waals surface area contributed by atoms with Crippen molar-refractivity contribution in [1.29, 1.82) is 0 Å². The first-order valence-electron chi connectivity index (χ1n) is 6.77. The number of benzene rings is 2. The third-order valence-electron chi connectivity index (χ3n) is 3.16. The lowest BCUT2D eigenvalue weighted by molar-refractivity contribution is 1.18. The van der Waals surface area contributed by atoms with Gasteiger partial charge < -0.3 is 10.6 Å². The fraction of sp³-hybridized carbons (Fsp3) is 0.0588. The molecule has 21 heavy (non-hydrogen) atoms. The maximum Gasteiger partial charge on any atom is 0.151 e. The second-order valence-corrected chi connectivity index (χ2v) is 4.61. The van der Waals surface area contributed by atoms with Gasteiger partial charge in [-0.1, -0.05) is 42.5 Å². The Kier molecular flexibility index (Phi) is 3.78. The van der Waals surface area contributed by atoms with E-state index in [2.05, 4.69) is 44.9 Å². The van der Waals surface area contributed by atoms with Gasteiger partial charge in [-0.15, -0.1) is 0 Å². The van der Waals surface area contributed by atoms with Crippen LogP contribution in [0.15, 0.2) is 67.0 Å². The van der Waals surface area contributed by atoms with E-state index in [1.54, 1.807) is 12.4 Å². The molecule has 0 aliphatic heterocycles. The van der Waals surface area contributed by atoms with Crippen LogP contribution in [-0.4, -0.2) is 17.0 Å². The summed E-state index contributed by atoms with van der Waals surface area (Å²) in [6.45, 7) is 0. The van der Waals surface area contributed by atoms with Crippen LogP contribution < -0.4 is 10.6 Å². The Bertz CT molecular complexity index is 708. The van der Waals surface area contributed by atoms with Crippen LogP contribution in [0.2, 0.25) is 0 Å². The zero-order valence-electron chi connectivity index (χ0n) is 11.7. The molecule has 4 heteroatoms. The van der Waals surface area contributed by atoms with E-state index in [-0.39, 0.29) is 0 Å². The van der Waals surface area contributed by atoms with Crippen molar-refractivity contribution >= 4 is 17.3 Å². The van der Waals surface area contributed by atoms with Crippen LogP contribution in [0.1, 0.15) is 0 Å². The van der Waals surface area contributed by atoms with Crippen LogP contribution in [0.3, 0.4) is 0 Å². The molecule has 3 aromatic rings. The second-order valence-electron chi connectivity index (χ2n) is 4.61. The van der Waals surface area contributed by atoms with Crippen molar-refractivity contribution in [1.82, 2.24) is 9.97 Å². The van der Waals surface area contributed by atoms with E-state index < -0.39 is 0 Å². The van der Waals surface area contributed by atoms with Gasteiger partial charge in [-0.25, -0.2) is 4.98 Å². The largest absolute Gasteiger partial charge is 0.372 e. The van der Waals surface area contributed by atoms with E-state index in [9.17, 15) is 0 Å². The maximum absolute atomic E-state index is 4.38. The van der Waals surface area contributed by atoms with Gasteiger partial charge in [0.2, 0.25) is 0 Å². The van der Waals surface area contributed by atoms with E-state index >= 15 is 0 Å². The molecular formula is C17H16N4. The molecule has 0 aliphatic carbocycles. The molecule has 0 aliphatic rings. The topological polar surface area (TPSA) is 49.8 Å². The molecule has 0 fully saturated rings. The highest BCUT2D eigenvalue weighted by Crippen LogP contribution is 2.22. The van der Waals surface area contributed by atoms with Gasteiger partial charge in [0.1, 0.15) is 5.82 Å². The summed E-state index contributed by atoms with van der Waals surface area (Å²) >= 11 is 0. The first-order chi connectivity index (χ1) is 10.3. The van der Waals surface area contributed by atoms with Gasteiger partial charge >= 0.3 is 0 Å². The van der Waals surface area contributed by atoms with Gasteiger partial charge in [0.25, 0.3) is 0 Å². The molecule has 1 aromatic heterocycles. The van der Waals surface area contributed by atoms with Crippen molar-refractivity contribution in [2.75, 3.05) is 17.7 Å². The Balaban J connectivity index is 1.78. The Labute approximate surface area is 123 Å². The standard InChI is InChI=1S/C17H16N4/c1-18-16-11-19-12-17(21-16)20-15-9-7-14(8-10-15)13-5-3-2-4-6-13/h2-12H,1H3,(H2,18,20,21). The highest BCUT2D eigenvalue weighted by atomic mass is 15.1. The lowest BCUT2D eigenvalue weighted by Gasteiger charge is -2.08. The van der Waals surface area contributed by atoms with Crippen LogP contribution in [-0.2, 0) is 0 Å². The van der Waals surface area contributed by atoms with Gasteiger partial charge in [-0.3, -0.25) is 4.98 Å². The lowest BCUT2D eigenvalue weighted by atomic mass is 10.1. The number of nitrogens with one attached hydrogen (secondary N) is 2. The number of nitrogens with zero attached hydrogens (tertiary/aromatic N) is 2. The third-order valence-corrected chi connectivity index (χ3v) is 3.16. The van der Waals surface area contributed by atoms with Gasteiger partial charge in [0.05, 0.1) is 12.4 Å². The molecule has 0 unspecified atom stereocenters. The maximum atomic E-state index is 4.38. The number of hydrogen-bond donors (Lipinski definition) is 2. The molecule has 2 aromatic carbocycles. The van der Waals surface area contributed by atoms with E-state index in [1.807, 2.05) is 37.4 Å². The molecule has 0 atom stereocenters. The Morgan fingerprint density at radius 3 is 2.14 bits per heavy atom. The third kappa shape index (κ3) is 3.17. The van der Waals surface area contributed by atoms with Crippen molar-refractivity contribution in [3.05, 3.63) is 67.0 Å². The Morgan fingerprint density at radius 1 is 0.762 bits per heavy atom. The highest BCUT2D eigenvalue weighted by molar-refractivity contribution is 5.67. The zero-order chi connectivity index (χ0) is 14.5. The molecule has 3 rings (SSSR count). The van der Waals surface area contributed by atoms with Crippen LogP contribution in [0.4, 0.5) is 17.3 Å². The predicted molar refractivity (Wildman–Crippen MR) is 86.7 cm³/mol. The van der Waals surface area contributed by atoms with Crippen molar-refractivity contribution in [2.24, 2.45) is 0 Å².